The summed E-state index contributed by atoms with van der Waals surface area (Å²) in [6.07, 6.45) is 3.60. The van der Waals surface area contributed by atoms with Gasteiger partial charge in [-0.1, -0.05) is 17.8 Å². The Morgan fingerprint density at radius 3 is 2.56 bits per heavy atom. The van der Waals surface area contributed by atoms with Gasteiger partial charge in [-0.25, -0.2) is 9.97 Å². The van der Waals surface area contributed by atoms with Crippen LogP contribution < -0.4 is 5.73 Å². The normalized spacial score (nSPS) is 12.4. The van der Waals surface area contributed by atoms with Crippen LogP contribution in [0.25, 0.3) is 0 Å². The second-order valence-electron chi connectivity index (χ2n) is 4.06. The molecular formula is C13H16N4S. The molecule has 0 saturated carbocycles. The van der Waals surface area contributed by atoms with E-state index < -0.39 is 0 Å². The predicted octanol–water partition coefficient (Wildman–Crippen LogP) is 2.28. The van der Waals surface area contributed by atoms with Crippen molar-refractivity contribution in [2.45, 2.75) is 24.3 Å². The highest BCUT2D eigenvalue weighted by Crippen LogP contribution is 2.31. The first-order chi connectivity index (χ1) is 8.69. The summed E-state index contributed by atoms with van der Waals surface area (Å²) >= 11 is 1.58. The Balaban J connectivity index is 2.20. The number of thioether (sulfide) groups is 1. The second-order valence-corrected chi connectivity index (χ2v) is 5.23. The monoisotopic (exact) mass is 260 g/mol. The van der Waals surface area contributed by atoms with Gasteiger partial charge in [-0.2, -0.15) is 0 Å². The second kappa shape index (κ2) is 5.93. The lowest BCUT2D eigenvalue weighted by atomic mass is 10.2. The zero-order chi connectivity index (χ0) is 13.0. The van der Waals surface area contributed by atoms with Gasteiger partial charge in [0.05, 0.1) is 5.25 Å². The van der Waals surface area contributed by atoms with Crippen LogP contribution >= 0.6 is 11.8 Å². The zero-order valence-corrected chi connectivity index (χ0v) is 11.3. The van der Waals surface area contributed by atoms with Crippen molar-refractivity contribution in [3.8, 4) is 0 Å². The average Bonchev–Trinajstić information content (AvgIpc) is 2.36. The molecule has 2 aromatic heterocycles. The largest absolute Gasteiger partial charge is 0.329 e. The highest BCUT2D eigenvalue weighted by molar-refractivity contribution is 7.99. The number of nitrogens with two attached hydrogens (primary N) is 1. The molecule has 0 fully saturated rings. The van der Waals surface area contributed by atoms with Crippen LogP contribution in [0.5, 0.6) is 0 Å². The lowest BCUT2D eigenvalue weighted by molar-refractivity contribution is 0.875. The maximum Gasteiger partial charge on any atom is 0.188 e. The molecule has 0 aliphatic heterocycles. The first-order valence-corrected chi connectivity index (χ1v) is 6.66. The van der Waals surface area contributed by atoms with Crippen LogP contribution in [0.15, 0.2) is 35.7 Å². The molecule has 18 heavy (non-hydrogen) atoms. The number of nitrogens with zero attached hydrogens (tertiary/aromatic N) is 3. The van der Waals surface area contributed by atoms with Crippen molar-refractivity contribution in [1.29, 1.82) is 0 Å². The molecule has 1 atom stereocenters. The van der Waals surface area contributed by atoms with Crippen LogP contribution in [-0.4, -0.2) is 21.5 Å². The first kappa shape index (κ1) is 13.0. The van der Waals surface area contributed by atoms with Gasteiger partial charge >= 0.3 is 0 Å². The Morgan fingerprint density at radius 1 is 1.28 bits per heavy atom. The van der Waals surface area contributed by atoms with Crippen LogP contribution in [0.1, 0.15) is 22.2 Å². The molecule has 0 spiro atoms. The topological polar surface area (TPSA) is 64.7 Å². The summed E-state index contributed by atoms with van der Waals surface area (Å²) in [7, 11) is 0. The van der Waals surface area contributed by atoms with Gasteiger partial charge in [0, 0.05) is 30.3 Å². The molecule has 2 N–H and O–H groups in total. The number of hydrogen-bond acceptors (Lipinski definition) is 5. The SMILES string of the molecule is Cc1cc(C)nc(SC(CN)c2cccnc2)n1. The minimum absolute atomic E-state index is 0.139. The molecule has 4 nitrogen and oxygen atoms in total. The maximum absolute atomic E-state index is 5.82. The third-order valence-electron chi connectivity index (χ3n) is 2.48. The molecule has 94 valence electrons. The molecule has 0 amide bonds. The number of pyridine rings is 1. The van der Waals surface area contributed by atoms with Crippen molar-refractivity contribution < 1.29 is 0 Å². The van der Waals surface area contributed by atoms with E-state index in [4.69, 9.17) is 5.73 Å². The molecule has 1 unspecified atom stereocenters. The van der Waals surface area contributed by atoms with Crippen LogP contribution in [0.4, 0.5) is 0 Å². The van der Waals surface area contributed by atoms with E-state index in [1.807, 2.05) is 38.2 Å². The smallest absolute Gasteiger partial charge is 0.188 e. The fourth-order valence-corrected chi connectivity index (χ4v) is 2.71. The van der Waals surface area contributed by atoms with Gasteiger partial charge in [-0.15, -0.1) is 0 Å². The third kappa shape index (κ3) is 3.27. The van der Waals surface area contributed by atoms with Gasteiger partial charge in [0.25, 0.3) is 0 Å². The van der Waals surface area contributed by atoms with Gasteiger partial charge in [-0.3, -0.25) is 4.98 Å². The minimum Gasteiger partial charge on any atom is -0.329 e. The number of hydrogen-bond donors (Lipinski definition) is 1. The van der Waals surface area contributed by atoms with Crippen LogP contribution in [0.3, 0.4) is 0 Å². The summed E-state index contributed by atoms with van der Waals surface area (Å²) in [6, 6.07) is 5.91. The first-order valence-electron chi connectivity index (χ1n) is 5.78. The van der Waals surface area contributed by atoms with Crippen molar-refractivity contribution in [2.24, 2.45) is 5.73 Å². The van der Waals surface area contributed by atoms with E-state index in [2.05, 4.69) is 15.0 Å². The maximum atomic E-state index is 5.82. The molecule has 2 rings (SSSR count). The Morgan fingerprint density at radius 2 is 2.00 bits per heavy atom. The average molecular weight is 260 g/mol. The molecular weight excluding hydrogens is 244 g/mol. The van der Waals surface area contributed by atoms with Gasteiger partial charge in [0.15, 0.2) is 5.16 Å². The number of aryl methyl sites for hydroxylation is 2. The summed E-state index contributed by atoms with van der Waals surface area (Å²) in [5.74, 6) is 0. The number of aromatic nitrogens is 3. The summed E-state index contributed by atoms with van der Waals surface area (Å²) < 4.78 is 0. The van der Waals surface area contributed by atoms with Crippen molar-refractivity contribution in [2.75, 3.05) is 6.54 Å². The summed E-state index contributed by atoms with van der Waals surface area (Å²) in [5, 5.41) is 0.909. The minimum atomic E-state index is 0.139. The van der Waals surface area contributed by atoms with Crippen LogP contribution in [0.2, 0.25) is 0 Å². The highest BCUT2D eigenvalue weighted by Gasteiger charge is 2.13. The molecule has 2 heterocycles. The highest BCUT2D eigenvalue weighted by atomic mass is 32.2. The molecule has 0 aliphatic rings. The van der Waals surface area contributed by atoms with Crippen molar-refractivity contribution in [3.05, 3.63) is 47.5 Å². The molecule has 0 bridgehead atoms. The molecule has 0 aromatic carbocycles. The summed E-state index contributed by atoms with van der Waals surface area (Å²) in [5.41, 5.74) is 8.89. The van der Waals surface area contributed by atoms with Crippen LogP contribution in [0, 0.1) is 13.8 Å². The van der Waals surface area contributed by atoms with Crippen molar-refractivity contribution in [1.82, 2.24) is 15.0 Å². The van der Waals surface area contributed by atoms with Gasteiger partial charge in [0.1, 0.15) is 0 Å². The molecule has 5 heteroatoms. The van der Waals surface area contributed by atoms with Gasteiger partial charge in [0.2, 0.25) is 0 Å². The Hall–Kier alpha value is -1.46. The summed E-state index contributed by atoms with van der Waals surface area (Å²) in [4.78, 5) is 13.0. The van der Waals surface area contributed by atoms with E-state index in [1.165, 1.54) is 0 Å². The van der Waals surface area contributed by atoms with Crippen LogP contribution in [-0.2, 0) is 0 Å². The fourth-order valence-electron chi connectivity index (χ4n) is 1.69. The van der Waals surface area contributed by atoms with Gasteiger partial charge < -0.3 is 5.73 Å². The molecule has 0 aliphatic carbocycles. The zero-order valence-electron chi connectivity index (χ0n) is 10.5. The van der Waals surface area contributed by atoms with E-state index in [1.54, 1.807) is 18.0 Å². The van der Waals surface area contributed by atoms with E-state index >= 15 is 0 Å². The van der Waals surface area contributed by atoms with E-state index in [-0.39, 0.29) is 5.25 Å². The third-order valence-corrected chi connectivity index (χ3v) is 3.62. The fraction of sp³-hybridized carbons (Fsp3) is 0.308. The molecule has 2 aromatic rings. The Bertz CT molecular complexity index is 495. The lowest BCUT2D eigenvalue weighted by Crippen LogP contribution is -2.10. The van der Waals surface area contributed by atoms with E-state index in [0.29, 0.717) is 6.54 Å². The standard InChI is InChI=1S/C13H16N4S/c1-9-6-10(2)17-13(16-9)18-12(7-14)11-4-3-5-15-8-11/h3-6,8,12H,7,14H2,1-2H3. The Kier molecular flexibility index (Phi) is 4.28. The van der Waals surface area contributed by atoms with E-state index in [9.17, 15) is 0 Å². The quantitative estimate of drug-likeness (QED) is 0.675. The summed E-state index contributed by atoms with van der Waals surface area (Å²) in [6.45, 7) is 4.48. The number of rotatable bonds is 4. The molecule has 0 radical (unpaired) electrons. The predicted molar refractivity (Wildman–Crippen MR) is 73.4 cm³/mol. The lowest BCUT2D eigenvalue weighted by Gasteiger charge is -2.13. The van der Waals surface area contributed by atoms with Crippen molar-refractivity contribution in [3.63, 3.8) is 0 Å². The Labute approximate surface area is 111 Å². The van der Waals surface area contributed by atoms with Gasteiger partial charge in [-0.05, 0) is 31.5 Å². The van der Waals surface area contributed by atoms with E-state index in [0.717, 1.165) is 22.1 Å². The molecule has 0 saturated heterocycles. The van der Waals surface area contributed by atoms with Crippen molar-refractivity contribution >= 4 is 11.8 Å².